The van der Waals surface area contributed by atoms with Crippen molar-refractivity contribution in [3.05, 3.63) is 34.4 Å². The fraction of sp³-hybridized carbons (Fsp3) is 0.250. The van der Waals surface area contributed by atoms with E-state index in [0.29, 0.717) is 0 Å². The highest BCUT2D eigenvalue weighted by Crippen LogP contribution is 2.28. The highest BCUT2D eigenvalue weighted by atomic mass is 35.5. The summed E-state index contributed by atoms with van der Waals surface area (Å²) in [5.41, 5.74) is -0.295. The Morgan fingerprint density at radius 2 is 1.85 bits per heavy atom. The molecular formula is C8H6Cl2F2O. The second-order valence-corrected chi connectivity index (χ2v) is 3.11. The van der Waals surface area contributed by atoms with Gasteiger partial charge in [0.05, 0.1) is 17.0 Å². The van der Waals surface area contributed by atoms with Crippen LogP contribution >= 0.6 is 23.2 Å². The molecule has 0 amide bonds. The minimum absolute atomic E-state index is 0.236. The molecule has 0 saturated heterocycles. The smallest absolute Gasteiger partial charge is 0.142 e. The second kappa shape index (κ2) is 4.22. The Hall–Kier alpha value is -0.380. The first-order chi connectivity index (χ1) is 6.07. The van der Waals surface area contributed by atoms with Gasteiger partial charge >= 0.3 is 0 Å². The van der Waals surface area contributed by atoms with E-state index >= 15 is 0 Å². The van der Waals surface area contributed by atoms with Crippen LogP contribution in [0.15, 0.2) is 12.1 Å². The Balaban J connectivity index is 3.25. The van der Waals surface area contributed by atoms with Crippen LogP contribution in [0.1, 0.15) is 11.7 Å². The molecule has 5 heteroatoms. The maximum absolute atomic E-state index is 13.0. The van der Waals surface area contributed by atoms with Crippen LogP contribution in [-0.2, 0) is 0 Å². The Bertz CT molecular complexity index is 317. The van der Waals surface area contributed by atoms with E-state index in [1.54, 1.807) is 0 Å². The van der Waals surface area contributed by atoms with Gasteiger partial charge in [0.1, 0.15) is 11.6 Å². The molecule has 0 bridgehead atoms. The van der Waals surface area contributed by atoms with Gasteiger partial charge in [-0.25, -0.2) is 8.78 Å². The van der Waals surface area contributed by atoms with Gasteiger partial charge in [-0.1, -0.05) is 11.6 Å². The predicted octanol–water partition coefficient (Wildman–Crippen LogP) is 2.89. The van der Waals surface area contributed by atoms with E-state index in [2.05, 4.69) is 0 Å². The zero-order valence-corrected chi connectivity index (χ0v) is 7.91. The van der Waals surface area contributed by atoms with Crippen molar-refractivity contribution in [1.82, 2.24) is 0 Å². The number of alkyl halides is 1. The van der Waals surface area contributed by atoms with E-state index in [4.69, 9.17) is 23.2 Å². The maximum Gasteiger partial charge on any atom is 0.142 e. The van der Waals surface area contributed by atoms with Gasteiger partial charge in [-0.15, -0.1) is 11.6 Å². The third kappa shape index (κ3) is 2.10. The van der Waals surface area contributed by atoms with E-state index in [-0.39, 0.29) is 11.4 Å². The zero-order valence-electron chi connectivity index (χ0n) is 6.40. The second-order valence-electron chi connectivity index (χ2n) is 2.43. The summed E-state index contributed by atoms with van der Waals surface area (Å²) in [5.74, 6) is -1.78. The summed E-state index contributed by atoms with van der Waals surface area (Å²) >= 11 is 10.7. The molecule has 1 aromatic rings. The van der Waals surface area contributed by atoms with E-state index in [0.717, 1.165) is 12.1 Å². The summed E-state index contributed by atoms with van der Waals surface area (Å²) in [6.07, 6.45) is -1.29. The third-order valence-corrected chi connectivity index (χ3v) is 2.24. The summed E-state index contributed by atoms with van der Waals surface area (Å²) in [6, 6.07) is 1.79. The van der Waals surface area contributed by atoms with Gasteiger partial charge in [0, 0.05) is 5.56 Å². The summed E-state index contributed by atoms with van der Waals surface area (Å²) in [6.45, 7) is 0. The van der Waals surface area contributed by atoms with Gasteiger partial charge in [0.25, 0.3) is 0 Å². The number of aliphatic hydroxyl groups excluding tert-OH is 1. The molecule has 0 saturated carbocycles. The molecule has 1 aromatic carbocycles. The first kappa shape index (κ1) is 10.7. The molecule has 0 heterocycles. The highest BCUT2D eigenvalue weighted by molar-refractivity contribution is 6.31. The molecule has 1 rings (SSSR count). The van der Waals surface area contributed by atoms with Crippen LogP contribution in [-0.4, -0.2) is 11.0 Å². The van der Waals surface area contributed by atoms with E-state index < -0.39 is 22.8 Å². The number of aliphatic hydroxyl groups is 1. The number of halogens is 4. The molecule has 0 aliphatic rings. The quantitative estimate of drug-likeness (QED) is 0.608. The molecule has 1 atom stereocenters. The summed E-state index contributed by atoms with van der Waals surface area (Å²) in [7, 11) is 0. The van der Waals surface area contributed by atoms with Crippen LogP contribution in [0.3, 0.4) is 0 Å². The number of hydrogen-bond acceptors (Lipinski definition) is 1. The zero-order chi connectivity index (χ0) is 10.0. The topological polar surface area (TPSA) is 20.2 Å². The lowest BCUT2D eigenvalue weighted by Gasteiger charge is -2.10. The lowest BCUT2D eigenvalue weighted by molar-refractivity contribution is 0.197. The SMILES string of the molecule is OC(CCl)c1c(F)ccc(F)c1Cl. The molecule has 0 aliphatic heterocycles. The van der Waals surface area contributed by atoms with Crippen LogP contribution < -0.4 is 0 Å². The Kier molecular flexibility index (Phi) is 3.47. The van der Waals surface area contributed by atoms with Gasteiger partial charge in [-0.3, -0.25) is 0 Å². The standard InChI is InChI=1S/C8H6Cl2F2O/c9-3-6(13)7-4(11)1-2-5(12)8(7)10/h1-2,6,13H,3H2. The van der Waals surface area contributed by atoms with Crippen LogP contribution in [0.2, 0.25) is 5.02 Å². The van der Waals surface area contributed by atoms with E-state index in [1.807, 2.05) is 0 Å². The monoisotopic (exact) mass is 226 g/mol. The summed E-state index contributed by atoms with van der Waals surface area (Å²) in [4.78, 5) is 0. The van der Waals surface area contributed by atoms with Gasteiger partial charge in [-0.05, 0) is 12.1 Å². The third-order valence-electron chi connectivity index (χ3n) is 1.56. The highest BCUT2D eigenvalue weighted by Gasteiger charge is 2.18. The van der Waals surface area contributed by atoms with Crippen molar-refractivity contribution in [2.45, 2.75) is 6.10 Å². The Labute approximate surface area is 83.9 Å². The van der Waals surface area contributed by atoms with Crippen molar-refractivity contribution in [1.29, 1.82) is 0 Å². The van der Waals surface area contributed by atoms with Crippen molar-refractivity contribution >= 4 is 23.2 Å². The van der Waals surface area contributed by atoms with Gasteiger partial charge in [-0.2, -0.15) is 0 Å². The maximum atomic E-state index is 13.0. The number of rotatable bonds is 2. The van der Waals surface area contributed by atoms with Crippen LogP contribution in [0.25, 0.3) is 0 Å². The Morgan fingerprint density at radius 3 is 2.38 bits per heavy atom. The average molecular weight is 227 g/mol. The van der Waals surface area contributed by atoms with E-state index in [1.165, 1.54) is 0 Å². The van der Waals surface area contributed by atoms with Crippen molar-refractivity contribution in [3.63, 3.8) is 0 Å². The van der Waals surface area contributed by atoms with Crippen LogP contribution in [0.5, 0.6) is 0 Å². The molecular weight excluding hydrogens is 221 g/mol. The molecule has 13 heavy (non-hydrogen) atoms. The number of benzene rings is 1. The van der Waals surface area contributed by atoms with Crippen molar-refractivity contribution < 1.29 is 13.9 Å². The molecule has 0 fully saturated rings. The van der Waals surface area contributed by atoms with E-state index in [9.17, 15) is 13.9 Å². The van der Waals surface area contributed by atoms with Gasteiger partial charge in [0.15, 0.2) is 0 Å². The van der Waals surface area contributed by atoms with Crippen LogP contribution in [0.4, 0.5) is 8.78 Å². The Morgan fingerprint density at radius 1 is 1.31 bits per heavy atom. The molecule has 0 aliphatic carbocycles. The summed E-state index contributed by atoms with van der Waals surface area (Å²) in [5, 5.41) is 8.77. The van der Waals surface area contributed by atoms with Crippen molar-refractivity contribution in [2.75, 3.05) is 5.88 Å². The minimum atomic E-state index is -1.29. The largest absolute Gasteiger partial charge is 0.387 e. The normalized spacial score (nSPS) is 13.0. The summed E-state index contributed by atoms with van der Waals surface area (Å²) < 4.78 is 25.8. The molecule has 1 N–H and O–H groups in total. The molecule has 72 valence electrons. The van der Waals surface area contributed by atoms with Crippen molar-refractivity contribution in [3.8, 4) is 0 Å². The lowest BCUT2D eigenvalue weighted by atomic mass is 10.1. The van der Waals surface area contributed by atoms with Gasteiger partial charge < -0.3 is 5.11 Å². The first-order valence-corrected chi connectivity index (χ1v) is 4.36. The van der Waals surface area contributed by atoms with Crippen molar-refractivity contribution in [2.24, 2.45) is 0 Å². The predicted molar refractivity (Wildman–Crippen MR) is 47.0 cm³/mol. The lowest BCUT2D eigenvalue weighted by Crippen LogP contribution is -2.04. The minimum Gasteiger partial charge on any atom is -0.387 e. The molecule has 0 aromatic heterocycles. The molecule has 1 nitrogen and oxygen atoms in total. The molecule has 0 radical (unpaired) electrons. The average Bonchev–Trinajstić information content (AvgIpc) is 2.12. The fourth-order valence-electron chi connectivity index (χ4n) is 0.925. The van der Waals surface area contributed by atoms with Crippen LogP contribution in [0, 0.1) is 11.6 Å². The molecule has 0 spiro atoms. The number of hydrogen-bond donors (Lipinski definition) is 1. The molecule has 1 unspecified atom stereocenters. The fourth-order valence-corrected chi connectivity index (χ4v) is 1.36. The first-order valence-electron chi connectivity index (χ1n) is 3.45. The van der Waals surface area contributed by atoms with Gasteiger partial charge in [0.2, 0.25) is 0 Å².